The Morgan fingerprint density at radius 1 is 1.25 bits per heavy atom. The molecular formula is C20H29FN4O3. The first-order valence-corrected chi connectivity index (χ1v) is 10.1. The Labute approximate surface area is 165 Å². The van der Waals surface area contributed by atoms with Gasteiger partial charge in [0, 0.05) is 49.9 Å². The van der Waals surface area contributed by atoms with Crippen molar-refractivity contribution in [2.75, 3.05) is 52.7 Å². The monoisotopic (exact) mass is 392 g/mol. The molecule has 1 aromatic carbocycles. The molecule has 0 aliphatic carbocycles. The molecular weight excluding hydrogens is 363 g/mol. The summed E-state index contributed by atoms with van der Waals surface area (Å²) in [6, 6.07) is 3.52. The van der Waals surface area contributed by atoms with Gasteiger partial charge in [-0.1, -0.05) is 0 Å². The first kappa shape index (κ1) is 19.4. The summed E-state index contributed by atoms with van der Waals surface area (Å²) in [6.45, 7) is 9.37. The van der Waals surface area contributed by atoms with Gasteiger partial charge < -0.3 is 24.4 Å². The molecule has 1 unspecified atom stereocenters. The lowest BCUT2D eigenvalue weighted by Gasteiger charge is -2.32. The molecule has 0 saturated carbocycles. The van der Waals surface area contributed by atoms with Crippen molar-refractivity contribution in [3.63, 3.8) is 0 Å². The first-order valence-electron chi connectivity index (χ1n) is 10.1. The number of nitrogens with zero attached hydrogens (tertiary/aromatic N) is 3. The molecule has 0 aromatic heterocycles. The topological polar surface area (TPSA) is 58.6 Å². The number of likely N-dealkylation sites (tertiary alicyclic amines) is 1. The Bertz CT molecular complexity index is 709. The van der Waals surface area contributed by atoms with Gasteiger partial charge in [-0.05, 0) is 25.5 Å². The highest BCUT2D eigenvalue weighted by Gasteiger charge is 2.30. The quantitative estimate of drug-likeness (QED) is 0.620. The van der Waals surface area contributed by atoms with E-state index in [2.05, 4.69) is 22.0 Å². The number of morpholine rings is 1. The molecule has 2 fully saturated rings. The van der Waals surface area contributed by atoms with Crippen molar-refractivity contribution < 1.29 is 18.6 Å². The van der Waals surface area contributed by atoms with Crippen molar-refractivity contribution >= 4 is 5.96 Å². The average molecular weight is 392 g/mol. The molecule has 28 heavy (non-hydrogen) atoms. The lowest BCUT2D eigenvalue weighted by molar-refractivity contribution is -0.0172. The number of ether oxygens (including phenoxy) is 3. The van der Waals surface area contributed by atoms with Crippen LogP contribution in [0, 0.1) is 5.82 Å². The van der Waals surface area contributed by atoms with E-state index in [0.717, 1.165) is 69.4 Å². The van der Waals surface area contributed by atoms with Gasteiger partial charge in [0.2, 0.25) is 0 Å². The van der Waals surface area contributed by atoms with E-state index in [0.29, 0.717) is 24.9 Å². The van der Waals surface area contributed by atoms with Crippen LogP contribution >= 0.6 is 0 Å². The van der Waals surface area contributed by atoms with Crippen LogP contribution in [0.3, 0.4) is 0 Å². The Balaban J connectivity index is 1.46. The van der Waals surface area contributed by atoms with Crippen LogP contribution in [-0.2, 0) is 22.6 Å². The maximum absolute atomic E-state index is 14.0. The van der Waals surface area contributed by atoms with Gasteiger partial charge >= 0.3 is 0 Å². The number of nitrogens with one attached hydrogen (secondary N) is 1. The number of aliphatic imine (C=N–C) groups is 1. The highest BCUT2D eigenvalue weighted by molar-refractivity contribution is 5.80. The van der Waals surface area contributed by atoms with Crippen LogP contribution in [0.25, 0.3) is 0 Å². The van der Waals surface area contributed by atoms with Crippen molar-refractivity contribution in [1.82, 2.24) is 15.1 Å². The summed E-state index contributed by atoms with van der Waals surface area (Å²) in [5, 5.41) is 3.39. The Morgan fingerprint density at radius 2 is 2.11 bits per heavy atom. The number of benzene rings is 1. The van der Waals surface area contributed by atoms with Crippen LogP contribution in [0.1, 0.15) is 24.5 Å². The number of fused-ring (bicyclic) bond motifs is 1. The molecule has 0 amide bonds. The van der Waals surface area contributed by atoms with E-state index in [1.54, 1.807) is 0 Å². The Morgan fingerprint density at radius 3 is 2.93 bits per heavy atom. The van der Waals surface area contributed by atoms with Gasteiger partial charge in [-0.25, -0.2) is 9.38 Å². The minimum Gasteiger partial charge on any atom is -0.467 e. The minimum absolute atomic E-state index is 0.197. The second-order valence-electron chi connectivity index (χ2n) is 7.37. The zero-order chi connectivity index (χ0) is 19.3. The largest absolute Gasteiger partial charge is 0.467 e. The SMILES string of the molecule is CCNC(=NCc1cc(F)cc2c1OCOC2)N1CCC(N2CCOCC2)C1. The fourth-order valence-electron chi connectivity index (χ4n) is 4.13. The maximum atomic E-state index is 14.0. The fraction of sp³-hybridized carbons (Fsp3) is 0.650. The molecule has 3 heterocycles. The molecule has 1 N–H and O–H groups in total. The molecule has 4 rings (SSSR count). The van der Waals surface area contributed by atoms with E-state index >= 15 is 0 Å². The summed E-state index contributed by atoms with van der Waals surface area (Å²) in [4.78, 5) is 9.62. The van der Waals surface area contributed by atoms with Crippen molar-refractivity contribution in [1.29, 1.82) is 0 Å². The molecule has 8 heteroatoms. The predicted molar refractivity (Wildman–Crippen MR) is 104 cm³/mol. The summed E-state index contributed by atoms with van der Waals surface area (Å²) in [6.07, 6.45) is 1.13. The van der Waals surface area contributed by atoms with Crippen molar-refractivity contribution in [2.45, 2.75) is 32.5 Å². The summed E-state index contributed by atoms with van der Waals surface area (Å²) >= 11 is 0. The van der Waals surface area contributed by atoms with Gasteiger partial charge in [0.05, 0.1) is 26.4 Å². The van der Waals surface area contributed by atoms with Crippen LogP contribution < -0.4 is 10.1 Å². The van der Waals surface area contributed by atoms with Crippen molar-refractivity contribution in [2.24, 2.45) is 4.99 Å². The van der Waals surface area contributed by atoms with Gasteiger partial charge in [0.1, 0.15) is 11.6 Å². The molecule has 1 atom stereocenters. The third-order valence-corrected chi connectivity index (χ3v) is 5.51. The second-order valence-corrected chi connectivity index (χ2v) is 7.37. The smallest absolute Gasteiger partial charge is 0.194 e. The summed E-state index contributed by atoms with van der Waals surface area (Å²) < 4.78 is 30.3. The molecule has 7 nitrogen and oxygen atoms in total. The lowest BCUT2D eigenvalue weighted by atomic mass is 10.1. The molecule has 0 bridgehead atoms. The van der Waals surface area contributed by atoms with Gasteiger partial charge in [-0.15, -0.1) is 0 Å². The third-order valence-electron chi connectivity index (χ3n) is 5.51. The molecule has 3 aliphatic heterocycles. The number of halogens is 1. The van der Waals surface area contributed by atoms with Gasteiger partial charge in [-0.2, -0.15) is 0 Å². The average Bonchev–Trinajstić information content (AvgIpc) is 3.21. The molecule has 154 valence electrons. The molecule has 1 aromatic rings. The number of hydrogen-bond donors (Lipinski definition) is 1. The van der Waals surface area contributed by atoms with Crippen LogP contribution in [0.2, 0.25) is 0 Å². The summed E-state index contributed by atoms with van der Waals surface area (Å²) in [7, 11) is 0. The van der Waals surface area contributed by atoms with Gasteiger partial charge in [-0.3, -0.25) is 4.90 Å². The van der Waals surface area contributed by atoms with E-state index < -0.39 is 0 Å². The zero-order valence-corrected chi connectivity index (χ0v) is 16.5. The minimum atomic E-state index is -0.281. The van der Waals surface area contributed by atoms with Gasteiger partial charge in [0.15, 0.2) is 12.8 Å². The van der Waals surface area contributed by atoms with E-state index in [4.69, 9.17) is 19.2 Å². The summed E-state index contributed by atoms with van der Waals surface area (Å²) in [5.41, 5.74) is 1.51. The Hall–Kier alpha value is -1.90. The van der Waals surface area contributed by atoms with Crippen molar-refractivity contribution in [3.05, 3.63) is 29.1 Å². The molecule has 2 saturated heterocycles. The van der Waals surface area contributed by atoms with Crippen LogP contribution in [0.5, 0.6) is 5.75 Å². The van der Waals surface area contributed by atoms with Crippen LogP contribution in [0.15, 0.2) is 17.1 Å². The van der Waals surface area contributed by atoms with Crippen molar-refractivity contribution in [3.8, 4) is 5.75 Å². The first-order chi connectivity index (χ1) is 13.7. The standard InChI is InChI=1S/C20H29FN4O3/c1-2-22-20(25-4-3-18(12-25)24-5-7-26-8-6-24)23-11-15-9-17(21)10-16-13-27-14-28-19(15)16/h9-10,18H,2-8,11-14H2,1H3,(H,22,23). The molecule has 3 aliphatic rings. The second kappa shape index (κ2) is 9.07. The van der Waals surface area contributed by atoms with Crippen LogP contribution in [-0.4, -0.2) is 74.5 Å². The summed E-state index contributed by atoms with van der Waals surface area (Å²) in [5.74, 6) is 1.31. The Kier molecular flexibility index (Phi) is 6.29. The number of rotatable bonds is 4. The lowest BCUT2D eigenvalue weighted by Crippen LogP contribution is -2.46. The molecule has 0 radical (unpaired) electrons. The van der Waals surface area contributed by atoms with E-state index in [1.807, 2.05) is 0 Å². The van der Waals surface area contributed by atoms with E-state index in [9.17, 15) is 4.39 Å². The predicted octanol–water partition coefficient (Wildman–Crippen LogP) is 1.56. The zero-order valence-electron chi connectivity index (χ0n) is 16.5. The maximum Gasteiger partial charge on any atom is 0.194 e. The molecule has 0 spiro atoms. The highest BCUT2D eigenvalue weighted by atomic mass is 19.1. The number of hydrogen-bond acceptors (Lipinski definition) is 5. The van der Waals surface area contributed by atoms with Crippen LogP contribution in [0.4, 0.5) is 4.39 Å². The third kappa shape index (κ3) is 4.39. The normalized spacial score (nSPS) is 23.4. The van der Waals surface area contributed by atoms with E-state index in [1.165, 1.54) is 12.1 Å². The van der Waals surface area contributed by atoms with E-state index in [-0.39, 0.29) is 12.6 Å². The number of guanidine groups is 1. The fourth-order valence-corrected chi connectivity index (χ4v) is 4.13. The highest BCUT2D eigenvalue weighted by Crippen LogP contribution is 2.30. The van der Waals surface area contributed by atoms with Gasteiger partial charge in [0.25, 0.3) is 0 Å².